The van der Waals surface area contributed by atoms with E-state index >= 15 is 0 Å². The van der Waals surface area contributed by atoms with Gasteiger partial charge in [-0.25, -0.2) is 4.79 Å². The van der Waals surface area contributed by atoms with Gasteiger partial charge in [0.2, 0.25) is 23.6 Å². The lowest BCUT2D eigenvalue weighted by Crippen LogP contribution is -2.58. The monoisotopic (exact) mass is 433 g/mol. The molecule has 0 aromatic heterocycles. The average Bonchev–Trinajstić information content (AvgIpc) is 2.61. The molecule has 0 saturated heterocycles. The maximum Gasteiger partial charge on any atom is 0.328 e. The van der Waals surface area contributed by atoms with Crippen molar-refractivity contribution in [2.75, 3.05) is 0 Å². The van der Waals surface area contributed by atoms with E-state index in [0.29, 0.717) is 0 Å². The first-order valence-corrected chi connectivity index (χ1v) is 8.83. The fourth-order valence-electron chi connectivity index (χ4n) is 2.15. The highest BCUT2D eigenvalue weighted by Crippen LogP contribution is 2.00. The van der Waals surface area contributed by atoms with Crippen molar-refractivity contribution in [3.8, 4) is 0 Å². The maximum atomic E-state index is 12.3. The molecule has 10 N–H and O–H groups in total. The molecule has 14 nitrogen and oxygen atoms in total. The minimum atomic E-state index is -1.70. The number of hydrogen-bond acceptors (Lipinski definition) is 8. The van der Waals surface area contributed by atoms with Gasteiger partial charge in [-0.1, -0.05) is 0 Å². The Morgan fingerprint density at radius 3 is 1.90 bits per heavy atom. The van der Waals surface area contributed by atoms with Crippen molar-refractivity contribution in [3.05, 3.63) is 0 Å². The summed E-state index contributed by atoms with van der Waals surface area (Å²) in [6, 6.07) is -5.70. The van der Waals surface area contributed by atoms with Crippen LogP contribution in [0.15, 0.2) is 0 Å². The summed E-state index contributed by atoms with van der Waals surface area (Å²) in [7, 11) is 0. The van der Waals surface area contributed by atoms with E-state index in [1.807, 2.05) is 5.32 Å². The summed E-state index contributed by atoms with van der Waals surface area (Å²) in [6.45, 7) is 2.36. The molecule has 0 rings (SSSR count). The molecule has 0 aliphatic rings. The second-order valence-electron chi connectivity index (χ2n) is 6.57. The molecule has 5 atom stereocenters. The molecule has 0 aliphatic carbocycles. The molecule has 0 aliphatic heterocycles. The zero-order valence-corrected chi connectivity index (χ0v) is 16.5. The molecule has 5 unspecified atom stereocenters. The van der Waals surface area contributed by atoms with Crippen molar-refractivity contribution in [1.82, 2.24) is 16.0 Å². The molecule has 0 fully saturated rings. The first-order chi connectivity index (χ1) is 13.8. The zero-order valence-electron chi connectivity index (χ0n) is 16.5. The quantitative estimate of drug-likeness (QED) is 0.140. The van der Waals surface area contributed by atoms with Gasteiger partial charge < -0.3 is 42.7 Å². The van der Waals surface area contributed by atoms with Gasteiger partial charge in [0.1, 0.15) is 12.1 Å². The highest BCUT2D eigenvalue weighted by Gasteiger charge is 2.31. The molecule has 0 saturated carbocycles. The smallest absolute Gasteiger partial charge is 0.328 e. The van der Waals surface area contributed by atoms with Gasteiger partial charge in [-0.15, -0.1) is 0 Å². The Balaban J connectivity index is 5.06. The normalized spacial score (nSPS) is 15.6. The number of nitrogens with two attached hydrogens (primary N) is 2. The third-order valence-electron chi connectivity index (χ3n) is 3.84. The van der Waals surface area contributed by atoms with E-state index in [9.17, 15) is 33.9 Å². The SMILES string of the molecule is CC(NC(=O)C(N)CCC(=O)O)C(=O)NC(CC(N)=O)C(=O)NC(C(=O)O)C(C)O. The largest absolute Gasteiger partial charge is 0.481 e. The maximum absolute atomic E-state index is 12.3. The van der Waals surface area contributed by atoms with Gasteiger partial charge in [0.25, 0.3) is 0 Å². The molecular formula is C16H27N5O9. The Morgan fingerprint density at radius 1 is 0.900 bits per heavy atom. The van der Waals surface area contributed by atoms with Crippen LogP contribution in [0.5, 0.6) is 0 Å². The molecular weight excluding hydrogens is 406 g/mol. The van der Waals surface area contributed by atoms with Gasteiger partial charge in [0.05, 0.1) is 18.6 Å². The van der Waals surface area contributed by atoms with Gasteiger partial charge in [0.15, 0.2) is 6.04 Å². The van der Waals surface area contributed by atoms with Gasteiger partial charge >= 0.3 is 11.9 Å². The molecule has 14 heteroatoms. The summed E-state index contributed by atoms with van der Waals surface area (Å²) in [4.78, 5) is 69.2. The number of aliphatic hydroxyl groups excluding tert-OH is 1. The molecule has 4 amide bonds. The van der Waals surface area contributed by atoms with Crippen molar-refractivity contribution in [2.24, 2.45) is 11.5 Å². The number of primary amides is 1. The van der Waals surface area contributed by atoms with E-state index in [1.54, 1.807) is 0 Å². The number of hydrogen-bond donors (Lipinski definition) is 8. The molecule has 0 aromatic rings. The fourth-order valence-corrected chi connectivity index (χ4v) is 2.15. The minimum Gasteiger partial charge on any atom is -0.481 e. The Labute approximate surface area is 171 Å². The fraction of sp³-hybridized carbons (Fsp3) is 0.625. The molecule has 0 bridgehead atoms. The van der Waals surface area contributed by atoms with Crippen molar-refractivity contribution in [2.45, 2.75) is 63.4 Å². The van der Waals surface area contributed by atoms with E-state index in [0.717, 1.165) is 6.92 Å². The Kier molecular flexibility index (Phi) is 11.0. The van der Waals surface area contributed by atoms with Crippen LogP contribution in [-0.4, -0.2) is 81.2 Å². The molecule has 30 heavy (non-hydrogen) atoms. The first kappa shape index (κ1) is 26.7. The topological polar surface area (TPSA) is 251 Å². The van der Waals surface area contributed by atoms with Gasteiger partial charge in [-0.05, 0) is 20.3 Å². The standard InChI is InChI=1S/C16H27N5O9/c1-6(19-14(27)8(17)3-4-11(24)25)13(26)20-9(5-10(18)23)15(28)21-12(7(2)22)16(29)30/h6-9,12,22H,3-5,17H2,1-2H3,(H2,18,23)(H,19,27)(H,20,26)(H,21,28)(H,24,25)(H,29,30). The molecule has 0 aromatic carbocycles. The van der Waals surface area contributed by atoms with Gasteiger partial charge in [-0.2, -0.15) is 0 Å². The Hall–Kier alpha value is -3.26. The number of amides is 4. The number of carboxylic acid groups (broad SMARTS) is 2. The summed E-state index contributed by atoms with van der Waals surface area (Å²) >= 11 is 0. The van der Waals surface area contributed by atoms with Gasteiger partial charge in [0, 0.05) is 6.42 Å². The van der Waals surface area contributed by atoms with Crippen LogP contribution in [0, 0.1) is 0 Å². The third kappa shape index (κ3) is 9.79. The summed E-state index contributed by atoms with van der Waals surface area (Å²) in [5, 5.41) is 33.4. The number of aliphatic carboxylic acids is 2. The lowest BCUT2D eigenvalue weighted by atomic mass is 10.1. The van der Waals surface area contributed by atoms with Crippen molar-refractivity contribution < 1.29 is 44.1 Å². The minimum absolute atomic E-state index is 0.169. The zero-order chi connectivity index (χ0) is 23.6. The summed E-state index contributed by atoms with van der Waals surface area (Å²) in [6.07, 6.45) is -2.67. The highest BCUT2D eigenvalue weighted by molar-refractivity contribution is 5.96. The van der Waals surface area contributed by atoms with Crippen molar-refractivity contribution in [3.63, 3.8) is 0 Å². The lowest BCUT2D eigenvalue weighted by Gasteiger charge is -2.24. The summed E-state index contributed by atoms with van der Waals surface area (Å²) < 4.78 is 0. The number of aliphatic hydroxyl groups is 1. The van der Waals surface area contributed by atoms with E-state index in [4.69, 9.17) is 21.7 Å². The van der Waals surface area contributed by atoms with Crippen LogP contribution in [0.1, 0.15) is 33.1 Å². The number of rotatable bonds is 13. The van der Waals surface area contributed by atoms with E-state index in [2.05, 4.69) is 10.6 Å². The second kappa shape index (κ2) is 12.3. The first-order valence-electron chi connectivity index (χ1n) is 8.83. The number of carbonyl (C=O) groups excluding carboxylic acids is 4. The predicted octanol–water partition coefficient (Wildman–Crippen LogP) is -4.01. The predicted molar refractivity (Wildman–Crippen MR) is 99.4 cm³/mol. The summed E-state index contributed by atoms with van der Waals surface area (Å²) in [5.41, 5.74) is 10.6. The molecule has 0 radical (unpaired) electrons. The van der Waals surface area contributed by atoms with E-state index in [-0.39, 0.29) is 12.8 Å². The molecule has 0 spiro atoms. The van der Waals surface area contributed by atoms with Crippen molar-refractivity contribution >= 4 is 35.6 Å². The highest BCUT2D eigenvalue weighted by atomic mass is 16.4. The van der Waals surface area contributed by atoms with Crippen LogP contribution in [0.4, 0.5) is 0 Å². The number of carbonyl (C=O) groups is 6. The van der Waals surface area contributed by atoms with Crippen LogP contribution < -0.4 is 27.4 Å². The Bertz CT molecular complexity index is 682. The third-order valence-corrected chi connectivity index (χ3v) is 3.84. The lowest BCUT2D eigenvalue weighted by molar-refractivity contribution is -0.145. The molecule has 170 valence electrons. The summed E-state index contributed by atoms with van der Waals surface area (Å²) in [5.74, 6) is -6.49. The Morgan fingerprint density at radius 2 is 1.47 bits per heavy atom. The van der Waals surface area contributed by atoms with E-state index < -0.39 is 72.3 Å². The van der Waals surface area contributed by atoms with E-state index in [1.165, 1.54) is 6.92 Å². The van der Waals surface area contributed by atoms with Crippen LogP contribution in [0.2, 0.25) is 0 Å². The number of carboxylic acids is 2. The van der Waals surface area contributed by atoms with Gasteiger partial charge in [-0.3, -0.25) is 24.0 Å². The van der Waals surface area contributed by atoms with Crippen LogP contribution in [-0.2, 0) is 28.8 Å². The molecule has 0 heterocycles. The van der Waals surface area contributed by atoms with Crippen molar-refractivity contribution in [1.29, 1.82) is 0 Å². The van der Waals surface area contributed by atoms with Crippen LogP contribution in [0.3, 0.4) is 0 Å². The number of nitrogens with one attached hydrogen (secondary N) is 3. The van der Waals surface area contributed by atoms with Crippen LogP contribution in [0.25, 0.3) is 0 Å². The van der Waals surface area contributed by atoms with Crippen LogP contribution >= 0.6 is 0 Å². The average molecular weight is 433 g/mol. The second-order valence-corrected chi connectivity index (χ2v) is 6.57.